The highest BCUT2D eigenvalue weighted by atomic mass is 16.5. The minimum atomic E-state index is -0.254. The van der Waals surface area contributed by atoms with Crippen LogP contribution in [0.2, 0.25) is 0 Å². The molecule has 6 heteroatoms. The quantitative estimate of drug-likeness (QED) is 0.829. The van der Waals surface area contributed by atoms with Crippen LogP contribution in [0, 0.1) is 5.92 Å². The molecule has 0 spiro atoms. The minimum Gasteiger partial charge on any atom is -0.489 e. The number of nitrogens with zero attached hydrogens (tertiary/aromatic N) is 2. The third-order valence-electron chi connectivity index (χ3n) is 3.62. The van der Waals surface area contributed by atoms with E-state index in [2.05, 4.69) is 34.0 Å². The lowest BCUT2D eigenvalue weighted by Crippen LogP contribution is -2.29. The molecule has 1 aliphatic rings. The molecule has 6 nitrogen and oxygen atoms in total. The van der Waals surface area contributed by atoms with Crippen LogP contribution in [0.1, 0.15) is 20.3 Å². The molecule has 106 valence electrons. The molecule has 1 saturated heterocycles. The Hall–Kier alpha value is -1.56. The van der Waals surface area contributed by atoms with Gasteiger partial charge in [0.25, 0.3) is 5.56 Å². The molecule has 0 bridgehead atoms. The van der Waals surface area contributed by atoms with E-state index in [9.17, 15) is 4.79 Å². The number of rotatable bonds is 5. The lowest BCUT2D eigenvalue weighted by Gasteiger charge is -2.20. The number of hydrogen-bond acceptors (Lipinski definition) is 5. The van der Waals surface area contributed by atoms with Crippen LogP contribution < -0.4 is 15.6 Å². The highest BCUT2D eigenvalue weighted by molar-refractivity contribution is 5.47. The van der Waals surface area contributed by atoms with Gasteiger partial charge in [0.1, 0.15) is 0 Å². The zero-order chi connectivity index (χ0) is 13.8. The Labute approximate surface area is 113 Å². The van der Waals surface area contributed by atoms with Crippen LogP contribution in [-0.4, -0.2) is 47.7 Å². The molecule has 1 aromatic rings. The van der Waals surface area contributed by atoms with E-state index < -0.39 is 0 Å². The number of methoxy groups -OCH3 is 1. The maximum absolute atomic E-state index is 11.5. The number of hydrogen-bond donors (Lipinski definition) is 2. The number of anilines is 1. The van der Waals surface area contributed by atoms with Crippen molar-refractivity contribution < 1.29 is 4.74 Å². The van der Waals surface area contributed by atoms with Crippen molar-refractivity contribution in [2.24, 2.45) is 5.92 Å². The van der Waals surface area contributed by atoms with Gasteiger partial charge in [0.15, 0.2) is 5.82 Å². The van der Waals surface area contributed by atoms with E-state index in [1.54, 1.807) is 0 Å². The van der Waals surface area contributed by atoms with Gasteiger partial charge in [0, 0.05) is 19.1 Å². The van der Waals surface area contributed by atoms with Crippen molar-refractivity contribution in [3.63, 3.8) is 0 Å². The Kier molecular flexibility index (Phi) is 4.42. The molecule has 1 atom stereocenters. The SMILES string of the molecule is COc1c(NCC2CCN(C(C)C)C2)nc[nH]c1=O. The lowest BCUT2D eigenvalue weighted by atomic mass is 10.1. The van der Waals surface area contributed by atoms with Crippen molar-refractivity contribution in [1.82, 2.24) is 14.9 Å². The summed E-state index contributed by atoms with van der Waals surface area (Å²) in [7, 11) is 1.48. The van der Waals surface area contributed by atoms with E-state index in [1.165, 1.54) is 19.9 Å². The van der Waals surface area contributed by atoms with Gasteiger partial charge in [0.2, 0.25) is 5.75 Å². The first-order valence-electron chi connectivity index (χ1n) is 6.71. The first kappa shape index (κ1) is 13.9. The molecular formula is C13H22N4O2. The number of ether oxygens (including phenoxy) is 1. The van der Waals surface area contributed by atoms with Crippen LogP contribution in [0.15, 0.2) is 11.1 Å². The van der Waals surface area contributed by atoms with Crippen LogP contribution in [0.25, 0.3) is 0 Å². The summed E-state index contributed by atoms with van der Waals surface area (Å²) in [4.78, 5) is 20.6. The largest absolute Gasteiger partial charge is 0.489 e. The number of likely N-dealkylation sites (tertiary alicyclic amines) is 1. The number of aromatic amines is 1. The minimum absolute atomic E-state index is 0.251. The van der Waals surface area contributed by atoms with E-state index in [-0.39, 0.29) is 11.3 Å². The van der Waals surface area contributed by atoms with Gasteiger partial charge in [0.05, 0.1) is 13.4 Å². The van der Waals surface area contributed by atoms with Gasteiger partial charge < -0.3 is 19.9 Å². The topological polar surface area (TPSA) is 70.2 Å². The smallest absolute Gasteiger partial charge is 0.295 e. The Morgan fingerprint density at radius 1 is 1.63 bits per heavy atom. The van der Waals surface area contributed by atoms with Crippen molar-refractivity contribution in [3.05, 3.63) is 16.7 Å². The Morgan fingerprint density at radius 3 is 3.05 bits per heavy atom. The van der Waals surface area contributed by atoms with Crippen LogP contribution in [0.3, 0.4) is 0 Å². The second-order valence-corrected chi connectivity index (χ2v) is 5.24. The molecule has 2 rings (SSSR count). The molecular weight excluding hydrogens is 244 g/mol. The molecule has 0 amide bonds. The standard InChI is InChI=1S/C13H22N4O2/c1-9(2)17-5-4-10(7-17)6-14-12-11(19-3)13(18)16-8-15-12/h8-10H,4-7H2,1-3H3,(H2,14,15,16,18). The average Bonchev–Trinajstić information content (AvgIpc) is 2.85. The van der Waals surface area contributed by atoms with E-state index in [4.69, 9.17) is 4.74 Å². The third kappa shape index (κ3) is 3.26. The van der Waals surface area contributed by atoms with Crippen molar-refractivity contribution in [3.8, 4) is 5.75 Å². The maximum Gasteiger partial charge on any atom is 0.295 e. The maximum atomic E-state index is 11.5. The molecule has 0 radical (unpaired) electrons. The van der Waals surface area contributed by atoms with Gasteiger partial charge in [-0.25, -0.2) is 4.98 Å². The van der Waals surface area contributed by atoms with Crippen LogP contribution in [0.4, 0.5) is 5.82 Å². The van der Waals surface area contributed by atoms with Crippen molar-refractivity contribution >= 4 is 5.82 Å². The Balaban J connectivity index is 1.93. The molecule has 19 heavy (non-hydrogen) atoms. The van der Waals surface area contributed by atoms with Gasteiger partial charge >= 0.3 is 0 Å². The summed E-state index contributed by atoms with van der Waals surface area (Å²) in [5.41, 5.74) is -0.254. The molecule has 0 aromatic carbocycles. The first-order chi connectivity index (χ1) is 9.11. The van der Waals surface area contributed by atoms with Crippen molar-refractivity contribution in [1.29, 1.82) is 0 Å². The second kappa shape index (κ2) is 6.06. The van der Waals surface area contributed by atoms with E-state index in [0.29, 0.717) is 17.8 Å². The normalized spacial score (nSPS) is 19.9. The fourth-order valence-corrected chi connectivity index (χ4v) is 2.44. The number of H-pyrrole nitrogens is 1. The molecule has 2 heterocycles. The predicted octanol–water partition coefficient (Wildman–Crippen LogP) is 0.921. The van der Waals surface area contributed by atoms with Gasteiger partial charge in [-0.15, -0.1) is 0 Å². The fourth-order valence-electron chi connectivity index (χ4n) is 2.44. The summed E-state index contributed by atoms with van der Waals surface area (Å²) in [5.74, 6) is 1.36. The Morgan fingerprint density at radius 2 is 2.42 bits per heavy atom. The summed E-state index contributed by atoms with van der Waals surface area (Å²) in [6.07, 6.45) is 2.57. The molecule has 1 unspecified atom stereocenters. The highest BCUT2D eigenvalue weighted by Gasteiger charge is 2.24. The zero-order valence-electron chi connectivity index (χ0n) is 11.8. The third-order valence-corrected chi connectivity index (χ3v) is 3.62. The summed E-state index contributed by atoms with van der Waals surface area (Å²) in [6.45, 7) is 7.49. The van der Waals surface area contributed by atoms with Crippen LogP contribution in [0.5, 0.6) is 5.75 Å². The van der Waals surface area contributed by atoms with E-state index in [1.807, 2.05) is 0 Å². The Bertz CT molecular complexity index is 472. The van der Waals surface area contributed by atoms with Crippen molar-refractivity contribution in [2.75, 3.05) is 32.1 Å². The second-order valence-electron chi connectivity index (χ2n) is 5.24. The number of nitrogens with one attached hydrogen (secondary N) is 2. The molecule has 1 aromatic heterocycles. The van der Waals surface area contributed by atoms with Gasteiger partial charge in [-0.2, -0.15) is 0 Å². The highest BCUT2D eigenvalue weighted by Crippen LogP contribution is 2.20. The summed E-state index contributed by atoms with van der Waals surface area (Å²) >= 11 is 0. The fraction of sp³-hybridized carbons (Fsp3) is 0.692. The lowest BCUT2D eigenvalue weighted by molar-refractivity contribution is 0.266. The first-order valence-corrected chi connectivity index (χ1v) is 6.71. The zero-order valence-corrected chi connectivity index (χ0v) is 11.8. The van der Waals surface area contributed by atoms with Crippen molar-refractivity contribution in [2.45, 2.75) is 26.3 Å². The number of aromatic nitrogens is 2. The molecule has 2 N–H and O–H groups in total. The van der Waals surface area contributed by atoms with E-state index in [0.717, 1.165) is 19.6 Å². The molecule has 1 fully saturated rings. The van der Waals surface area contributed by atoms with E-state index >= 15 is 0 Å². The molecule has 0 aliphatic carbocycles. The monoisotopic (exact) mass is 266 g/mol. The summed E-state index contributed by atoms with van der Waals surface area (Å²) in [5, 5.41) is 3.22. The van der Waals surface area contributed by atoms with Crippen LogP contribution >= 0.6 is 0 Å². The van der Waals surface area contributed by atoms with Gasteiger partial charge in [-0.3, -0.25) is 4.79 Å². The molecule has 1 aliphatic heterocycles. The van der Waals surface area contributed by atoms with Crippen LogP contribution in [-0.2, 0) is 0 Å². The summed E-state index contributed by atoms with van der Waals surface area (Å²) < 4.78 is 5.07. The summed E-state index contributed by atoms with van der Waals surface area (Å²) in [6, 6.07) is 0.595. The predicted molar refractivity (Wildman–Crippen MR) is 74.7 cm³/mol. The molecule has 0 saturated carbocycles. The van der Waals surface area contributed by atoms with Gasteiger partial charge in [-0.1, -0.05) is 0 Å². The van der Waals surface area contributed by atoms with Gasteiger partial charge in [-0.05, 0) is 32.7 Å². The average molecular weight is 266 g/mol.